The Bertz CT molecular complexity index is 573. The summed E-state index contributed by atoms with van der Waals surface area (Å²) >= 11 is 9.21. The van der Waals surface area contributed by atoms with E-state index in [2.05, 4.69) is 28.2 Å². The van der Waals surface area contributed by atoms with E-state index in [0.29, 0.717) is 16.7 Å². The Kier molecular flexibility index (Phi) is 5.64. The highest BCUT2D eigenvalue weighted by Crippen LogP contribution is 2.29. The lowest BCUT2D eigenvalue weighted by Crippen LogP contribution is -2.24. The summed E-state index contributed by atoms with van der Waals surface area (Å²) in [6.45, 7) is 2.94. The van der Waals surface area contributed by atoms with Crippen LogP contribution in [0.15, 0.2) is 39.6 Å². The molecule has 108 valence electrons. The fourth-order valence-corrected chi connectivity index (χ4v) is 2.80. The van der Waals surface area contributed by atoms with Crippen molar-refractivity contribution in [3.63, 3.8) is 0 Å². The molecule has 0 aliphatic heterocycles. The molecule has 0 amide bonds. The molecule has 0 aliphatic rings. The van der Waals surface area contributed by atoms with Crippen LogP contribution in [0.1, 0.15) is 30.5 Å². The second kappa shape index (κ2) is 7.25. The minimum absolute atomic E-state index is 0.0176. The van der Waals surface area contributed by atoms with E-state index in [-0.39, 0.29) is 16.9 Å². The molecule has 0 radical (unpaired) electrons. The third-order valence-corrected chi connectivity index (χ3v) is 4.05. The van der Waals surface area contributed by atoms with Crippen molar-refractivity contribution < 1.29 is 8.81 Å². The molecule has 1 N–H and O–H groups in total. The molecule has 0 saturated heterocycles. The van der Waals surface area contributed by atoms with Crippen LogP contribution in [0.4, 0.5) is 4.39 Å². The summed E-state index contributed by atoms with van der Waals surface area (Å²) in [5.74, 6) is -0.350. The van der Waals surface area contributed by atoms with Crippen molar-refractivity contribution in [3.05, 3.63) is 57.2 Å². The first-order valence-electron chi connectivity index (χ1n) is 6.52. The molecule has 1 heterocycles. The molecule has 20 heavy (non-hydrogen) atoms. The van der Waals surface area contributed by atoms with Crippen LogP contribution in [0.5, 0.6) is 0 Å². The predicted molar refractivity (Wildman–Crippen MR) is 82.6 cm³/mol. The fourth-order valence-electron chi connectivity index (χ4n) is 2.09. The van der Waals surface area contributed by atoms with Crippen molar-refractivity contribution in [2.24, 2.45) is 0 Å². The first kappa shape index (κ1) is 15.5. The van der Waals surface area contributed by atoms with Gasteiger partial charge in [-0.2, -0.15) is 0 Å². The summed E-state index contributed by atoms with van der Waals surface area (Å²) in [7, 11) is 0. The van der Waals surface area contributed by atoms with Gasteiger partial charge < -0.3 is 9.73 Å². The average Bonchev–Trinajstić information content (AvgIpc) is 2.85. The third-order valence-electron chi connectivity index (χ3n) is 3.12. The lowest BCUT2D eigenvalue weighted by molar-refractivity contribution is 0.490. The van der Waals surface area contributed by atoms with E-state index in [1.165, 1.54) is 0 Å². The monoisotopic (exact) mass is 359 g/mol. The molecule has 2 rings (SSSR count). The van der Waals surface area contributed by atoms with Crippen LogP contribution in [-0.2, 0) is 6.42 Å². The molecular formula is C15H16BrClFNO. The van der Waals surface area contributed by atoms with Crippen molar-refractivity contribution >= 4 is 27.5 Å². The molecule has 0 saturated carbocycles. The van der Waals surface area contributed by atoms with Gasteiger partial charge >= 0.3 is 0 Å². The van der Waals surface area contributed by atoms with E-state index >= 15 is 0 Å². The summed E-state index contributed by atoms with van der Waals surface area (Å²) in [5.41, 5.74) is 1.58. The van der Waals surface area contributed by atoms with E-state index < -0.39 is 0 Å². The Balaban J connectivity index is 2.24. The maximum absolute atomic E-state index is 14.0. The molecule has 2 aromatic rings. The van der Waals surface area contributed by atoms with Crippen LogP contribution in [0, 0.1) is 5.82 Å². The van der Waals surface area contributed by atoms with Crippen LogP contribution in [0.25, 0.3) is 0 Å². The largest absolute Gasteiger partial charge is 0.457 e. The standard InChI is InChI=1S/C15H16BrClFNO/c1-2-7-19-13(11-6-8-20-15(11)16)9-10-4-3-5-12(17)14(10)18/h3-6,8,13,19H,2,7,9H2,1H3. The third kappa shape index (κ3) is 3.62. The highest BCUT2D eigenvalue weighted by atomic mass is 79.9. The summed E-state index contributed by atoms with van der Waals surface area (Å²) in [4.78, 5) is 0. The number of rotatable bonds is 6. The lowest BCUT2D eigenvalue weighted by atomic mass is 10.0. The Labute approximate surface area is 131 Å². The second-order valence-corrected chi connectivity index (χ2v) is 5.70. The zero-order chi connectivity index (χ0) is 14.5. The SMILES string of the molecule is CCCNC(Cc1cccc(Cl)c1F)c1ccoc1Br. The zero-order valence-corrected chi connectivity index (χ0v) is 13.5. The minimum Gasteiger partial charge on any atom is -0.457 e. The second-order valence-electron chi connectivity index (χ2n) is 4.57. The van der Waals surface area contributed by atoms with Gasteiger partial charge in [-0.1, -0.05) is 30.7 Å². The maximum Gasteiger partial charge on any atom is 0.173 e. The fraction of sp³-hybridized carbons (Fsp3) is 0.333. The normalized spacial score (nSPS) is 12.6. The number of hydrogen-bond acceptors (Lipinski definition) is 2. The van der Waals surface area contributed by atoms with E-state index in [1.807, 2.05) is 6.07 Å². The summed E-state index contributed by atoms with van der Waals surface area (Å²) in [6.07, 6.45) is 3.14. The average molecular weight is 361 g/mol. The lowest BCUT2D eigenvalue weighted by Gasteiger charge is -2.18. The molecule has 1 atom stereocenters. The minimum atomic E-state index is -0.350. The molecule has 5 heteroatoms. The van der Waals surface area contributed by atoms with Gasteiger partial charge in [-0.15, -0.1) is 0 Å². The Morgan fingerprint density at radius 2 is 2.20 bits per heavy atom. The van der Waals surface area contributed by atoms with Crippen LogP contribution >= 0.6 is 27.5 Å². The van der Waals surface area contributed by atoms with E-state index in [4.69, 9.17) is 16.0 Å². The zero-order valence-electron chi connectivity index (χ0n) is 11.1. The van der Waals surface area contributed by atoms with Crippen LogP contribution < -0.4 is 5.32 Å². The van der Waals surface area contributed by atoms with E-state index in [1.54, 1.807) is 24.5 Å². The van der Waals surface area contributed by atoms with E-state index in [9.17, 15) is 4.39 Å². The smallest absolute Gasteiger partial charge is 0.173 e. The molecular weight excluding hydrogens is 345 g/mol. The number of nitrogens with one attached hydrogen (secondary N) is 1. The Morgan fingerprint density at radius 1 is 1.40 bits per heavy atom. The van der Waals surface area contributed by atoms with Gasteiger partial charge in [-0.3, -0.25) is 0 Å². The first-order chi connectivity index (χ1) is 9.63. The van der Waals surface area contributed by atoms with Gasteiger partial charge in [0.2, 0.25) is 0 Å². The predicted octanol–water partition coefficient (Wildman–Crippen LogP) is 5.12. The number of benzene rings is 1. The van der Waals surface area contributed by atoms with Crippen LogP contribution in [0.2, 0.25) is 5.02 Å². The number of halogens is 3. The molecule has 0 fully saturated rings. The van der Waals surface area contributed by atoms with Crippen LogP contribution in [-0.4, -0.2) is 6.54 Å². The van der Waals surface area contributed by atoms with Gasteiger partial charge in [-0.25, -0.2) is 4.39 Å². The van der Waals surface area contributed by atoms with Crippen molar-refractivity contribution in [3.8, 4) is 0 Å². The van der Waals surface area contributed by atoms with Gasteiger partial charge in [-0.05, 0) is 53.0 Å². The molecule has 2 nitrogen and oxygen atoms in total. The summed E-state index contributed by atoms with van der Waals surface area (Å²) < 4.78 is 20.0. The quantitative estimate of drug-likeness (QED) is 0.773. The van der Waals surface area contributed by atoms with Gasteiger partial charge in [0.1, 0.15) is 5.82 Å². The molecule has 1 aromatic carbocycles. The topological polar surface area (TPSA) is 25.2 Å². The summed E-state index contributed by atoms with van der Waals surface area (Å²) in [5, 5.41) is 3.56. The van der Waals surface area contributed by atoms with Gasteiger partial charge in [0.25, 0.3) is 0 Å². The van der Waals surface area contributed by atoms with Crippen molar-refractivity contribution in [2.45, 2.75) is 25.8 Å². The maximum atomic E-state index is 14.0. The van der Waals surface area contributed by atoms with E-state index in [0.717, 1.165) is 18.5 Å². The van der Waals surface area contributed by atoms with Crippen LogP contribution in [0.3, 0.4) is 0 Å². The van der Waals surface area contributed by atoms with Crippen molar-refractivity contribution in [2.75, 3.05) is 6.54 Å². The van der Waals surface area contributed by atoms with Crippen molar-refractivity contribution in [1.82, 2.24) is 5.32 Å². The van der Waals surface area contributed by atoms with Crippen molar-refractivity contribution in [1.29, 1.82) is 0 Å². The highest BCUT2D eigenvalue weighted by Gasteiger charge is 2.19. The molecule has 1 aromatic heterocycles. The molecule has 1 unspecified atom stereocenters. The molecule has 0 aliphatic carbocycles. The highest BCUT2D eigenvalue weighted by molar-refractivity contribution is 9.10. The number of furan rings is 1. The first-order valence-corrected chi connectivity index (χ1v) is 7.69. The Hall–Kier alpha value is -0.840. The molecule has 0 spiro atoms. The van der Waals surface area contributed by atoms with Gasteiger partial charge in [0.15, 0.2) is 4.67 Å². The van der Waals surface area contributed by atoms with Gasteiger partial charge in [0, 0.05) is 11.6 Å². The van der Waals surface area contributed by atoms with Gasteiger partial charge in [0.05, 0.1) is 11.3 Å². The molecule has 0 bridgehead atoms. The summed E-state index contributed by atoms with van der Waals surface area (Å²) in [6, 6.07) is 6.96. The Morgan fingerprint density at radius 3 is 2.85 bits per heavy atom. The number of hydrogen-bond donors (Lipinski definition) is 1.